The van der Waals surface area contributed by atoms with E-state index in [4.69, 9.17) is 0 Å². The van der Waals surface area contributed by atoms with E-state index in [1.807, 2.05) is 67.6 Å². The van der Waals surface area contributed by atoms with Gasteiger partial charge in [0.05, 0.1) is 11.2 Å². The lowest BCUT2D eigenvalue weighted by Gasteiger charge is -2.12. The third kappa shape index (κ3) is 4.47. The molecular weight excluding hydrogens is 364 g/mol. The van der Waals surface area contributed by atoms with E-state index in [2.05, 4.69) is 30.9 Å². The Kier molecular flexibility index (Phi) is 5.03. The largest absolute Gasteiger partial charge is 0.340 e. The summed E-state index contributed by atoms with van der Waals surface area (Å²) in [4.78, 5) is 24.8. The lowest BCUT2D eigenvalue weighted by Crippen LogP contribution is -2.06. The Labute approximate surface area is 168 Å². The first kappa shape index (κ1) is 18.4. The summed E-state index contributed by atoms with van der Waals surface area (Å²) in [5, 5.41) is 10.3. The van der Waals surface area contributed by atoms with Crippen LogP contribution in [0.3, 0.4) is 0 Å². The van der Waals surface area contributed by atoms with Crippen molar-refractivity contribution in [2.24, 2.45) is 0 Å². The van der Waals surface area contributed by atoms with Crippen LogP contribution in [0.2, 0.25) is 0 Å². The number of para-hydroxylation sites is 1. The number of nitrogens with one attached hydrogen (secondary N) is 3. The van der Waals surface area contributed by atoms with Gasteiger partial charge in [0.2, 0.25) is 11.9 Å². The number of benzene rings is 2. The van der Waals surface area contributed by atoms with E-state index in [9.17, 15) is 4.79 Å². The van der Waals surface area contributed by atoms with Gasteiger partial charge in [0.15, 0.2) is 0 Å². The Morgan fingerprint density at radius 3 is 2.55 bits per heavy atom. The van der Waals surface area contributed by atoms with Crippen LogP contribution in [0.5, 0.6) is 0 Å². The minimum atomic E-state index is -0.116. The van der Waals surface area contributed by atoms with Crippen LogP contribution in [0.25, 0.3) is 10.9 Å². The molecule has 4 rings (SSSR count). The van der Waals surface area contributed by atoms with E-state index in [0.29, 0.717) is 17.5 Å². The first-order chi connectivity index (χ1) is 14.1. The molecule has 0 fully saturated rings. The van der Waals surface area contributed by atoms with Crippen LogP contribution >= 0.6 is 0 Å². The molecule has 0 saturated heterocycles. The van der Waals surface area contributed by atoms with Crippen LogP contribution in [0, 0.1) is 6.92 Å². The van der Waals surface area contributed by atoms with Gasteiger partial charge >= 0.3 is 0 Å². The number of carbonyl (C=O) groups excluding carboxylic acids is 1. The highest BCUT2D eigenvalue weighted by Gasteiger charge is 2.07. The van der Waals surface area contributed by atoms with Crippen LogP contribution in [-0.2, 0) is 4.79 Å². The van der Waals surface area contributed by atoms with Crippen molar-refractivity contribution in [3.8, 4) is 0 Å². The van der Waals surface area contributed by atoms with Crippen LogP contribution < -0.4 is 16.0 Å². The van der Waals surface area contributed by atoms with Gasteiger partial charge in [-0.05, 0) is 37.3 Å². The smallest absolute Gasteiger partial charge is 0.229 e. The summed E-state index contributed by atoms with van der Waals surface area (Å²) in [6.45, 7) is 3.39. The molecule has 0 spiro atoms. The van der Waals surface area contributed by atoms with Gasteiger partial charge in [-0.2, -0.15) is 4.98 Å². The molecule has 2 aromatic heterocycles. The third-order valence-corrected chi connectivity index (χ3v) is 4.19. The molecule has 2 heterocycles. The molecule has 0 bridgehead atoms. The van der Waals surface area contributed by atoms with E-state index >= 15 is 0 Å². The van der Waals surface area contributed by atoms with Gasteiger partial charge in [0, 0.05) is 41.6 Å². The van der Waals surface area contributed by atoms with E-state index in [1.165, 1.54) is 6.92 Å². The Morgan fingerprint density at radius 2 is 1.69 bits per heavy atom. The summed E-state index contributed by atoms with van der Waals surface area (Å²) in [6.07, 6.45) is 1.76. The van der Waals surface area contributed by atoms with Crippen molar-refractivity contribution in [3.63, 3.8) is 0 Å². The van der Waals surface area contributed by atoms with Gasteiger partial charge in [-0.3, -0.25) is 9.78 Å². The molecule has 7 heteroatoms. The molecule has 0 aliphatic carbocycles. The molecule has 2 aromatic carbocycles. The molecule has 0 saturated carbocycles. The number of aryl methyl sites for hydroxylation is 1. The quantitative estimate of drug-likeness (QED) is 0.459. The van der Waals surface area contributed by atoms with Gasteiger partial charge in [-0.15, -0.1) is 0 Å². The Morgan fingerprint density at radius 1 is 0.897 bits per heavy atom. The van der Waals surface area contributed by atoms with Crippen LogP contribution in [-0.4, -0.2) is 20.9 Å². The van der Waals surface area contributed by atoms with Gasteiger partial charge in [-0.25, -0.2) is 4.98 Å². The molecular formula is C22H20N6O. The highest BCUT2D eigenvalue weighted by atomic mass is 16.1. The molecule has 3 N–H and O–H groups in total. The average Bonchev–Trinajstić information content (AvgIpc) is 2.68. The van der Waals surface area contributed by atoms with Crippen molar-refractivity contribution < 1.29 is 4.79 Å². The Bertz CT molecular complexity index is 1190. The molecule has 0 unspecified atom stereocenters. The fourth-order valence-corrected chi connectivity index (χ4v) is 3.04. The maximum atomic E-state index is 11.3. The number of hydrogen-bond acceptors (Lipinski definition) is 6. The van der Waals surface area contributed by atoms with Gasteiger partial charge in [-0.1, -0.05) is 24.3 Å². The average molecular weight is 384 g/mol. The van der Waals surface area contributed by atoms with Crippen LogP contribution in [0.15, 0.2) is 66.9 Å². The highest BCUT2D eigenvalue weighted by Crippen LogP contribution is 2.25. The van der Waals surface area contributed by atoms with E-state index in [0.717, 1.165) is 28.0 Å². The second-order valence-corrected chi connectivity index (χ2v) is 6.61. The maximum Gasteiger partial charge on any atom is 0.229 e. The lowest BCUT2D eigenvalue weighted by atomic mass is 10.2. The molecule has 0 aliphatic heterocycles. The monoisotopic (exact) mass is 384 g/mol. The van der Waals surface area contributed by atoms with E-state index < -0.39 is 0 Å². The number of anilines is 5. The normalized spacial score (nSPS) is 10.6. The number of pyridine rings is 1. The molecule has 1 amide bonds. The first-order valence-electron chi connectivity index (χ1n) is 9.18. The summed E-state index contributed by atoms with van der Waals surface area (Å²) in [6, 6.07) is 19.2. The zero-order valence-corrected chi connectivity index (χ0v) is 16.1. The zero-order chi connectivity index (χ0) is 20.2. The van der Waals surface area contributed by atoms with Crippen LogP contribution in [0.4, 0.5) is 28.8 Å². The van der Waals surface area contributed by atoms with Gasteiger partial charge < -0.3 is 16.0 Å². The minimum absolute atomic E-state index is 0.116. The molecule has 29 heavy (non-hydrogen) atoms. The molecule has 0 atom stereocenters. The second-order valence-electron chi connectivity index (χ2n) is 6.61. The predicted octanol–water partition coefficient (Wildman–Crippen LogP) is 4.78. The van der Waals surface area contributed by atoms with E-state index in [1.54, 1.807) is 6.20 Å². The van der Waals surface area contributed by atoms with Crippen molar-refractivity contribution >= 4 is 45.6 Å². The highest BCUT2D eigenvalue weighted by molar-refractivity contribution is 5.91. The number of fused-ring (bicyclic) bond motifs is 1. The topological polar surface area (TPSA) is 91.8 Å². The van der Waals surface area contributed by atoms with Crippen molar-refractivity contribution in [1.29, 1.82) is 0 Å². The SMILES string of the molecule is CC(=O)Nc1cccc(Nc2cc(C)nc(Nc3cccc4cccnc34)n2)c1. The standard InChI is InChI=1S/C22H20N6O/c1-14-12-20(26-18-9-4-8-17(13-18)25-15(2)29)28-22(24-14)27-19-10-3-6-16-7-5-11-23-21(16)19/h3-13H,1-2H3,(H,25,29)(H2,24,26,27,28). The number of carbonyl (C=O) groups is 1. The van der Waals surface area contributed by atoms with E-state index in [-0.39, 0.29) is 5.91 Å². The molecule has 4 aromatic rings. The summed E-state index contributed by atoms with van der Waals surface area (Å²) < 4.78 is 0. The molecule has 144 valence electrons. The lowest BCUT2D eigenvalue weighted by molar-refractivity contribution is -0.114. The number of amides is 1. The number of hydrogen-bond donors (Lipinski definition) is 3. The fourth-order valence-electron chi connectivity index (χ4n) is 3.04. The Hall–Kier alpha value is -4.00. The van der Waals surface area contributed by atoms with Gasteiger partial charge in [0.1, 0.15) is 5.82 Å². The maximum absolute atomic E-state index is 11.3. The summed E-state index contributed by atoms with van der Waals surface area (Å²) in [5.41, 5.74) is 4.04. The molecule has 0 aliphatic rings. The van der Waals surface area contributed by atoms with Crippen molar-refractivity contribution in [2.45, 2.75) is 13.8 Å². The minimum Gasteiger partial charge on any atom is -0.340 e. The summed E-state index contributed by atoms with van der Waals surface area (Å²) >= 11 is 0. The summed E-state index contributed by atoms with van der Waals surface area (Å²) in [7, 11) is 0. The number of nitrogens with zero attached hydrogens (tertiary/aromatic N) is 3. The second kappa shape index (κ2) is 7.93. The van der Waals surface area contributed by atoms with Gasteiger partial charge in [0.25, 0.3) is 0 Å². The predicted molar refractivity (Wildman–Crippen MR) is 116 cm³/mol. The number of rotatable bonds is 5. The van der Waals surface area contributed by atoms with Crippen molar-refractivity contribution in [2.75, 3.05) is 16.0 Å². The zero-order valence-electron chi connectivity index (χ0n) is 16.1. The summed E-state index contributed by atoms with van der Waals surface area (Å²) in [5.74, 6) is 1.01. The van der Waals surface area contributed by atoms with Crippen molar-refractivity contribution in [3.05, 3.63) is 72.6 Å². The van der Waals surface area contributed by atoms with Crippen molar-refractivity contribution in [1.82, 2.24) is 15.0 Å². The Balaban J connectivity index is 1.60. The third-order valence-electron chi connectivity index (χ3n) is 4.19. The first-order valence-corrected chi connectivity index (χ1v) is 9.18. The fraction of sp³-hybridized carbons (Fsp3) is 0.0909. The number of aromatic nitrogens is 3. The molecule has 7 nitrogen and oxygen atoms in total. The van der Waals surface area contributed by atoms with Crippen LogP contribution in [0.1, 0.15) is 12.6 Å². The molecule has 0 radical (unpaired) electrons.